The second-order valence-electron chi connectivity index (χ2n) is 4.57. The van der Waals surface area contributed by atoms with E-state index in [1.165, 1.54) is 32.1 Å². The molecular formula is C13H18O3S. The summed E-state index contributed by atoms with van der Waals surface area (Å²) in [5.41, 5.74) is 0. The molecule has 0 amide bonds. The number of hydrogen-bond donors (Lipinski definition) is 1. The van der Waals surface area contributed by atoms with Crippen LogP contribution in [0.4, 0.5) is 0 Å². The summed E-state index contributed by atoms with van der Waals surface area (Å²) in [6.07, 6.45) is 6.48. The minimum Gasteiger partial charge on any atom is -0.493 e. The zero-order chi connectivity index (χ0) is 12.1. The molecular weight excluding hydrogens is 236 g/mol. The third kappa shape index (κ3) is 3.73. The first-order chi connectivity index (χ1) is 8.25. The van der Waals surface area contributed by atoms with Crippen molar-refractivity contribution in [2.45, 2.75) is 37.0 Å². The largest absolute Gasteiger partial charge is 0.493 e. The SMILES string of the molecule is O=[SH](=O)c1ccc(OCC2CCCCC2)cc1. The normalized spacial score (nSPS) is 17.2. The number of hydrogen-bond acceptors (Lipinski definition) is 3. The molecule has 17 heavy (non-hydrogen) atoms. The molecule has 1 aliphatic carbocycles. The van der Waals surface area contributed by atoms with E-state index in [0.29, 0.717) is 10.8 Å². The lowest BCUT2D eigenvalue weighted by atomic mass is 9.90. The van der Waals surface area contributed by atoms with E-state index < -0.39 is 10.7 Å². The third-order valence-corrected chi connectivity index (χ3v) is 3.98. The van der Waals surface area contributed by atoms with Gasteiger partial charge in [-0.25, -0.2) is 8.42 Å². The molecule has 2 rings (SSSR count). The molecule has 0 spiro atoms. The van der Waals surface area contributed by atoms with Gasteiger partial charge in [0, 0.05) is 0 Å². The van der Waals surface area contributed by atoms with Crippen LogP contribution in [-0.2, 0) is 10.7 Å². The van der Waals surface area contributed by atoms with Crippen LogP contribution < -0.4 is 4.74 Å². The maximum atomic E-state index is 10.7. The Morgan fingerprint density at radius 2 is 1.71 bits per heavy atom. The topological polar surface area (TPSA) is 43.4 Å². The van der Waals surface area contributed by atoms with E-state index in [9.17, 15) is 8.42 Å². The first-order valence-electron chi connectivity index (χ1n) is 6.13. The third-order valence-electron chi connectivity index (χ3n) is 3.26. The average molecular weight is 254 g/mol. The van der Waals surface area contributed by atoms with Crippen LogP contribution in [-0.4, -0.2) is 15.0 Å². The van der Waals surface area contributed by atoms with Gasteiger partial charge in [0.25, 0.3) is 0 Å². The first kappa shape index (κ1) is 12.4. The zero-order valence-corrected chi connectivity index (χ0v) is 10.7. The lowest BCUT2D eigenvalue weighted by Gasteiger charge is -2.21. The van der Waals surface area contributed by atoms with E-state index in [0.717, 1.165) is 12.4 Å². The molecule has 1 fully saturated rings. The minimum absolute atomic E-state index is 0.338. The highest BCUT2D eigenvalue weighted by molar-refractivity contribution is 7.72. The fourth-order valence-electron chi connectivity index (χ4n) is 2.23. The molecule has 94 valence electrons. The second-order valence-corrected chi connectivity index (χ2v) is 5.60. The summed E-state index contributed by atoms with van der Waals surface area (Å²) in [6, 6.07) is 6.62. The van der Waals surface area contributed by atoms with Crippen molar-refractivity contribution >= 4 is 10.7 Å². The first-order valence-corrected chi connectivity index (χ1v) is 7.31. The van der Waals surface area contributed by atoms with Gasteiger partial charge in [0.2, 0.25) is 0 Å². The van der Waals surface area contributed by atoms with Gasteiger partial charge in [0.15, 0.2) is 10.7 Å². The van der Waals surface area contributed by atoms with Gasteiger partial charge in [0.1, 0.15) is 5.75 Å². The Bertz CT molecular complexity index is 409. The van der Waals surface area contributed by atoms with Crippen LogP contribution in [0.25, 0.3) is 0 Å². The van der Waals surface area contributed by atoms with Crippen LogP contribution in [0.15, 0.2) is 29.2 Å². The summed E-state index contributed by atoms with van der Waals surface area (Å²) >= 11 is 0. The van der Waals surface area contributed by atoms with Gasteiger partial charge in [-0.1, -0.05) is 19.3 Å². The van der Waals surface area contributed by atoms with Gasteiger partial charge in [-0.2, -0.15) is 0 Å². The maximum Gasteiger partial charge on any atom is 0.168 e. The van der Waals surface area contributed by atoms with E-state index in [2.05, 4.69) is 0 Å². The number of thiol groups is 1. The van der Waals surface area contributed by atoms with Crippen LogP contribution in [0.3, 0.4) is 0 Å². The molecule has 0 aliphatic heterocycles. The Balaban J connectivity index is 1.86. The molecule has 1 aliphatic rings. The molecule has 0 unspecified atom stereocenters. The van der Waals surface area contributed by atoms with Crippen LogP contribution in [0.5, 0.6) is 5.75 Å². The molecule has 1 aromatic rings. The maximum absolute atomic E-state index is 10.7. The van der Waals surface area contributed by atoms with Crippen molar-refractivity contribution in [3.63, 3.8) is 0 Å². The van der Waals surface area contributed by atoms with Gasteiger partial charge < -0.3 is 4.74 Å². The minimum atomic E-state index is -2.48. The fourth-order valence-corrected chi connectivity index (χ4v) is 2.62. The van der Waals surface area contributed by atoms with Crippen LogP contribution in [0, 0.1) is 5.92 Å². The highest BCUT2D eigenvalue weighted by Crippen LogP contribution is 2.24. The molecule has 3 nitrogen and oxygen atoms in total. The summed E-state index contributed by atoms with van der Waals surface area (Å²) < 4.78 is 27.1. The summed E-state index contributed by atoms with van der Waals surface area (Å²) in [7, 11) is -2.48. The highest BCUT2D eigenvalue weighted by atomic mass is 32.2. The van der Waals surface area contributed by atoms with E-state index in [1.54, 1.807) is 24.3 Å². The van der Waals surface area contributed by atoms with Crippen LogP contribution in [0.1, 0.15) is 32.1 Å². The van der Waals surface area contributed by atoms with Gasteiger partial charge in [0.05, 0.1) is 11.5 Å². The van der Waals surface area contributed by atoms with Crippen LogP contribution in [0.2, 0.25) is 0 Å². The summed E-state index contributed by atoms with van der Waals surface area (Å²) in [5, 5.41) is 0. The average Bonchev–Trinajstić information content (AvgIpc) is 2.38. The van der Waals surface area contributed by atoms with Crippen molar-refractivity contribution in [3.05, 3.63) is 24.3 Å². The molecule has 1 aromatic carbocycles. The smallest absolute Gasteiger partial charge is 0.168 e. The van der Waals surface area contributed by atoms with Gasteiger partial charge in [-0.15, -0.1) is 0 Å². The Morgan fingerprint density at radius 3 is 2.29 bits per heavy atom. The van der Waals surface area contributed by atoms with E-state index >= 15 is 0 Å². The zero-order valence-electron chi connectivity index (χ0n) is 9.80. The van der Waals surface area contributed by atoms with E-state index in [-0.39, 0.29) is 0 Å². The Morgan fingerprint density at radius 1 is 1.06 bits per heavy atom. The number of ether oxygens (including phenoxy) is 1. The summed E-state index contributed by atoms with van der Waals surface area (Å²) in [5.74, 6) is 1.43. The lowest BCUT2D eigenvalue weighted by Crippen LogP contribution is -2.15. The molecule has 0 bridgehead atoms. The molecule has 0 radical (unpaired) electrons. The Hall–Kier alpha value is -1.03. The summed E-state index contributed by atoms with van der Waals surface area (Å²) in [4.78, 5) is 0.338. The Labute approximate surface area is 104 Å². The number of benzene rings is 1. The fraction of sp³-hybridized carbons (Fsp3) is 0.538. The van der Waals surface area contributed by atoms with Crippen molar-refractivity contribution < 1.29 is 13.2 Å². The molecule has 0 atom stereocenters. The van der Waals surface area contributed by atoms with E-state index in [1.807, 2.05) is 0 Å². The summed E-state index contributed by atoms with van der Waals surface area (Å²) in [6.45, 7) is 0.753. The van der Waals surface area contributed by atoms with Crippen LogP contribution >= 0.6 is 0 Å². The molecule has 4 heteroatoms. The van der Waals surface area contributed by atoms with Crippen molar-refractivity contribution in [2.24, 2.45) is 5.92 Å². The van der Waals surface area contributed by atoms with Crippen molar-refractivity contribution in [1.82, 2.24) is 0 Å². The molecule has 0 heterocycles. The molecule has 0 saturated heterocycles. The lowest BCUT2D eigenvalue weighted by molar-refractivity contribution is 0.209. The molecule has 0 aromatic heterocycles. The standard InChI is InChI=1S/C13H18O3S/c14-17(15)13-8-6-12(7-9-13)16-10-11-4-2-1-3-5-11/h6-9,11,17H,1-5,10H2. The van der Waals surface area contributed by atoms with Gasteiger partial charge in [-0.05, 0) is 43.0 Å². The van der Waals surface area contributed by atoms with Crippen molar-refractivity contribution in [3.8, 4) is 5.75 Å². The molecule has 0 N–H and O–H groups in total. The Kier molecular flexibility index (Phi) is 4.42. The second kappa shape index (κ2) is 6.05. The van der Waals surface area contributed by atoms with Gasteiger partial charge >= 0.3 is 0 Å². The van der Waals surface area contributed by atoms with Gasteiger partial charge in [-0.3, -0.25) is 0 Å². The van der Waals surface area contributed by atoms with E-state index in [4.69, 9.17) is 4.74 Å². The molecule has 1 saturated carbocycles. The quantitative estimate of drug-likeness (QED) is 0.840. The van der Waals surface area contributed by atoms with Crippen molar-refractivity contribution in [2.75, 3.05) is 6.61 Å². The highest BCUT2D eigenvalue weighted by Gasteiger charge is 2.13. The number of rotatable bonds is 4. The van der Waals surface area contributed by atoms with Crippen molar-refractivity contribution in [1.29, 1.82) is 0 Å². The monoisotopic (exact) mass is 254 g/mol. The predicted molar refractivity (Wildman–Crippen MR) is 67.1 cm³/mol. The predicted octanol–water partition coefficient (Wildman–Crippen LogP) is 2.62.